The molecule has 1 heterocycles. The maximum atomic E-state index is 11.6. The first-order valence-corrected chi connectivity index (χ1v) is 5.49. The van der Waals surface area contributed by atoms with E-state index >= 15 is 0 Å². The van der Waals surface area contributed by atoms with Gasteiger partial charge in [-0.2, -0.15) is 0 Å². The highest BCUT2D eigenvalue weighted by atomic mass is 35.5. The molecule has 1 aliphatic heterocycles. The lowest BCUT2D eigenvalue weighted by molar-refractivity contribution is 0.0444. The Morgan fingerprint density at radius 3 is 2.50 bits per heavy atom. The minimum absolute atomic E-state index is 0.192. The maximum absolute atomic E-state index is 11.6. The van der Waals surface area contributed by atoms with E-state index in [0.29, 0.717) is 5.39 Å². The van der Waals surface area contributed by atoms with Crippen LogP contribution in [-0.2, 0) is 4.74 Å². The molecule has 18 heavy (non-hydrogen) atoms. The molecule has 3 rings (SSSR count). The number of carbonyl (C=O) groups excluding carboxylic acids is 3. The number of ether oxygens (including phenoxy) is 1. The molecule has 0 spiro atoms. The highest BCUT2D eigenvalue weighted by molar-refractivity contribution is 6.67. The van der Waals surface area contributed by atoms with Crippen molar-refractivity contribution in [1.29, 1.82) is 0 Å². The molecule has 0 aliphatic carbocycles. The standard InChI is InChI=1S/C13H5ClO4/c14-11(15)7-2-1-6-3-4-8-10(9(6)5-7)13(17)18-12(8)16/h1-5H. The van der Waals surface area contributed by atoms with Gasteiger partial charge in [0.2, 0.25) is 0 Å². The SMILES string of the molecule is O=C(Cl)c1ccc2ccc3c(c2c1)C(=O)OC3=O. The van der Waals surface area contributed by atoms with Crippen LogP contribution in [0.4, 0.5) is 0 Å². The fraction of sp³-hybridized carbons (Fsp3) is 0. The molecule has 1 aliphatic rings. The molecule has 0 atom stereocenters. The van der Waals surface area contributed by atoms with Gasteiger partial charge in [0.1, 0.15) is 0 Å². The molecular weight excluding hydrogens is 256 g/mol. The van der Waals surface area contributed by atoms with E-state index in [1.165, 1.54) is 12.1 Å². The van der Waals surface area contributed by atoms with Crippen LogP contribution in [0.25, 0.3) is 10.8 Å². The minimum Gasteiger partial charge on any atom is -0.386 e. The third kappa shape index (κ3) is 1.43. The van der Waals surface area contributed by atoms with Crippen molar-refractivity contribution in [3.63, 3.8) is 0 Å². The molecule has 0 radical (unpaired) electrons. The fourth-order valence-corrected chi connectivity index (χ4v) is 2.14. The van der Waals surface area contributed by atoms with Crippen molar-refractivity contribution in [3.8, 4) is 0 Å². The van der Waals surface area contributed by atoms with Crippen molar-refractivity contribution in [3.05, 3.63) is 47.0 Å². The van der Waals surface area contributed by atoms with Crippen molar-refractivity contribution >= 4 is 39.6 Å². The van der Waals surface area contributed by atoms with Gasteiger partial charge < -0.3 is 4.74 Å². The average molecular weight is 261 g/mol. The predicted molar refractivity (Wildman–Crippen MR) is 63.9 cm³/mol. The third-order valence-corrected chi connectivity index (χ3v) is 3.08. The number of hydrogen-bond acceptors (Lipinski definition) is 4. The molecular formula is C13H5ClO4. The van der Waals surface area contributed by atoms with Crippen LogP contribution in [0.2, 0.25) is 0 Å². The number of hydrogen-bond donors (Lipinski definition) is 0. The van der Waals surface area contributed by atoms with E-state index in [4.69, 9.17) is 11.6 Å². The minimum atomic E-state index is -0.695. The second kappa shape index (κ2) is 3.65. The number of carbonyl (C=O) groups is 3. The monoisotopic (exact) mass is 260 g/mol. The fourth-order valence-electron chi connectivity index (χ4n) is 2.02. The average Bonchev–Trinajstić information content (AvgIpc) is 2.64. The molecule has 0 fully saturated rings. The normalized spacial score (nSPS) is 13.6. The van der Waals surface area contributed by atoms with E-state index in [9.17, 15) is 14.4 Å². The summed E-state index contributed by atoms with van der Waals surface area (Å²) in [6, 6.07) is 7.94. The van der Waals surface area contributed by atoms with Crippen molar-refractivity contribution in [2.45, 2.75) is 0 Å². The van der Waals surface area contributed by atoms with Crippen molar-refractivity contribution in [2.75, 3.05) is 0 Å². The van der Waals surface area contributed by atoms with E-state index in [1.807, 2.05) is 0 Å². The molecule has 0 amide bonds. The first kappa shape index (κ1) is 10.9. The first-order valence-electron chi connectivity index (χ1n) is 5.11. The number of cyclic esters (lactones) is 2. The zero-order chi connectivity index (χ0) is 12.9. The largest absolute Gasteiger partial charge is 0.386 e. The Hall–Kier alpha value is -2.20. The van der Waals surface area contributed by atoms with Gasteiger partial charge in [-0.3, -0.25) is 4.79 Å². The highest BCUT2D eigenvalue weighted by Gasteiger charge is 2.31. The number of esters is 2. The van der Waals surface area contributed by atoms with Crippen molar-refractivity contribution in [1.82, 2.24) is 0 Å². The summed E-state index contributed by atoms with van der Waals surface area (Å²) in [6.45, 7) is 0. The van der Waals surface area contributed by atoms with Gasteiger partial charge in [-0.15, -0.1) is 0 Å². The van der Waals surface area contributed by atoms with Gasteiger partial charge in [0.25, 0.3) is 5.24 Å². The van der Waals surface area contributed by atoms with Gasteiger partial charge in [-0.25, -0.2) is 9.59 Å². The lowest BCUT2D eigenvalue weighted by atomic mass is 9.99. The summed E-state index contributed by atoms with van der Waals surface area (Å²) >= 11 is 5.40. The summed E-state index contributed by atoms with van der Waals surface area (Å²) in [6.07, 6.45) is 0. The van der Waals surface area contributed by atoms with Crippen LogP contribution in [0.15, 0.2) is 30.3 Å². The van der Waals surface area contributed by atoms with Crippen LogP contribution in [0.3, 0.4) is 0 Å². The summed E-state index contributed by atoms with van der Waals surface area (Å²) in [5.41, 5.74) is 0.675. The van der Waals surface area contributed by atoms with E-state index < -0.39 is 17.2 Å². The van der Waals surface area contributed by atoms with E-state index in [0.717, 1.165) is 5.39 Å². The van der Waals surface area contributed by atoms with Gasteiger partial charge in [0.15, 0.2) is 0 Å². The van der Waals surface area contributed by atoms with Crippen LogP contribution in [-0.4, -0.2) is 17.2 Å². The van der Waals surface area contributed by atoms with Gasteiger partial charge in [0, 0.05) is 5.56 Å². The van der Waals surface area contributed by atoms with Gasteiger partial charge in [0.05, 0.1) is 11.1 Å². The molecule has 5 heteroatoms. The lowest BCUT2D eigenvalue weighted by Gasteiger charge is -2.02. The molecule has 2 aromatic rings. The predicted octanol–water partition coefficient (Wildman–Crippen LogP) is 2.53. The molecule has 0 aromatic heterocycles. The Morgan fingerprint density at radius 1 is 1.06 bits per heavy atom. The maximum Gasteiger partial charge on any atom is 0.347 e. The van der Waals surface area contributed by atoms with Gasteiger partial charge >= 0.3 is 11.9 Å². The zero-order valence-corrected chi connectivity index (χ0v) is 9.65. The third-order valence-electron chi connectivity index (χ3n) is 2.86. The quantitative estimate of drug-likeness (QED) is 0.449. The van der Waals surface area contributed by atoms with Crippen LogP contribution >= 0.6 is 11.6 Å². The summed E-state index contributed by atoms with van der Waals surface area (Å²) in [5.74, 6) is -1.36. The van der Waals surface area contributed by atoms with Crippen molar-refractivity contribution < 1.29 is 19.1 Å². The molecule has 0 unspecified atom stereocenters. The molecule has 4 nitrogen and oxygen atoms in total. The summed E-state index contributed by atoms with van der Waals surface area (Å²) in [4.78, 5) is 34.1. The van der Waals surface area contributed by atoms with E-state index in [1.54, 1.807) is 18.2 Å². The lowest BCUT2D eigenvalue weighted by Crippen LogP contribution is -1.97. The van der Waals surface area contributed by atoms with Gasteiger partial charge in [-0.05, 0) is 40.6 Å². The summed E-state index contributed by atoms with van der Waals surface area (Å²) in [5, 5.41) is 0.615. The number of halogens is 1. The van der Waals surface area contributed by atoms with Crippen LogP contribution in [0.5, 0.6) is 0 Å². The Bertz CT molecular complexity index is 733. The Labute approximate surface area is 106 Å². The van der Waals surface area contributed by atoms with E-state index in [-0.39, 0.29) is 16.7 Å². The van der Waals surface area contributed by atoms with Crippen molar-refractivity contribution in [2.24, 2.45) is 0 Å². The zero-order valence-electron chi connectivity index (χ0n) is 8.90. The molecule has 0 saturated carbocycles. The Kier molecular flexibility index (Phi) is 2.21. The first-order chi connectivity index (χ1) is 8.58. The topological polar surface area (TPSA) is 60.4 Å². The summed E-state index contributed by atoms with van der Waals surface area (Å²) < 4.78 is 4.54. The number of benzene rings is 2. The second-order valence-corrected chi connectivity index (χ2v) is 4.22. The molecule has 0 N–H and O–H groups in total. The second-order valence-electron chi connectivity index (χ2n) is 3.87. The Morgan fingerprint density at radius 2 is 1.78 bits per heavy atom. The Balaban J connectivity index is 2.40. The van der Waals surface area contributed by atoms with E-state index in [2.05, 4.69) is 4.74 Å². The van der Waals surface area contributed by atoms with Gasteiger partial charge in [-0.1, -0.05) is 12.1 Å². The molecule has 0 saturated heterocycles. The molecule has 88 valence electrons. The number of fused-ring (bicyclic) bond motifs is 3. The highest BCUT2D eigenvalue weighted by Crippen LogP contribution is 2.29. The van der Waals surface area contributed by atoms with Crippen LogP contribution in [0.1, 0.15) is 31.1 Å². The smallest absolute Gasteiger partial charge is 0.347 e. The molecule has 0 bridgehead atoms. The van der Waals surface area contributed by atoms with Crippen LogP contribution < -0.4 is 0 Å². The van der Waals surface area contributed by atoms with Crippen LogP contribution in [0, 0.1) is 0 Å². The summed E-state index contributed by atoms with van der Waals surface area (Å²) in [7, 11) is 0. The number of rotatable bonds is 1. The molecule has 2 aromatic carbocycles.